The lowest BCUT2D eigenvalue weighted by molar-refractivity contribution is -0.147. The minimum atomic E-state index is -0.774. The van der Waals surface area contributed by atoms with E-state index in [-0.39, 0.29) is 17.7 Å². The van der Waals surface area contributed by atoms with Crippen LogP contribution in [-0.4, -0.2) is 23.3 Å². The van der Waals surface area contributed by atoms with Gasteiger partial charge in [-0.05, 0) is 24.4 Å². The third kappa shape index (κ3) is 2.32. The van der Waals surface area contributed by atoms with Crippen LogP contribution >= 0.6 is 11.3 Å². The third-order valence-electron chi connectivity index (χ3n) is 3.31. The number of imide groups is 1. The number of nitriles is 1. The largest absolute Gasteiger partial charge is 0.278 e. The fraction of sp³-hybridized carbons (Fsp3) is 0.357. The maximum Gasteiger partial charge on any atom is 0.256 e. The minimum absolute atomic E-state index is 0.278. The molecule has 0 aliphatic carbocycles. The second-order valence-corrected chi connectivity index (χ2v) is 5.38. The lowest BCUT2D eigenvalue weighted by atomic mass is 9.82. The smallest absolute Gasteiger partial charge is 0.256 e. The molecule has 0 radical (unpaired) electrons. The zero-order valence-electron chi connectivity index (χ0n) is 10.8. The fourth-order valence-electron chi connectivity index (χ4n) is 2.20. The van der Waals surface area contributed by atoms with Crippen molar-refractivity contribution in [1.29, 1.82) is 5.26 Å². The van der Waals surface area contributed by atoms with E-state index in [1.165, 1.54) is 11.3 Å². The molecular formula is C14H14N2O2S. The van der Waals surface area contributed by atoms with Gasteiger partial charge in [-0.3, -0.25) is 14.5 Å². The summed E-state index contributed by atoms with van der Waals surface area (Å²) in [5.41, 5.74) is 0.537. The van der Waals surface area contributed by atoms with Crippen molar-refractivity contribution >= 4 is 29.2 Å². The van der Waals surface area contributed by atoms with E-state index in [0.29, 0.717) is 12.1 Å². The van der Waals surface area contributed by atoms with Crippen molar-refractivity contribution in [2.24, 2.45) is 11.8 Å². The molecule has 2 amide bonds. The molecule has 1 aliphatic rings. The van der Waals surface area contributed by atoms with Crippen LogP contribution in [0.5, 0.6) is 0 Å². The van der Waals surface area contributed by atoms with Gasteiger partial charge in [-0.25, -0.2) is 0 Å². The number of carbonyl (C=O) groups is 2. The highest BCUT2D eigenvalue weighted by Crippen LogP contribution is 2.31. The van der Waals surface area contributed by atoms with Crippen molar-refractivity contribution in [2.75, 3.05) is 6.54 Å². The van der Waals surface area contributed by atoms with Crippen molar-refractivity contribution in [3.8, 4) is 6.07 Å². The van der Waals surface area contributed by atoms with Crippen LogP contribution in [0.25, 0.3) is 6.08 Å². The standard InChI is InChI=1S/C14H14N2O2S/c1-3-16-13(17)11(7-10-5-4-6-19-10)9(2)12(8-15)14(16)18/h4-7,9,12H,3H2,1-2H3/b11-7+. The van der Waals surface area contributed by atoms with E-state index in [1.54, 1.807) is 19.9 Å². The van der Waals surface area contributed by atoms with Gasteiger partial charge in [-0.15, -0.1) is 11.3 Å². The van der Waals surface area contributed by atoms with Gasteiger partial charge >= 0.3 is 0 Å². The van der Waals surface area contributed by atoms with Crippen molar-refractivity contribution in [3.63, 3.8) is 0 Å². The molecule has 2 heterocycles. The Morgan fingerprint density at radius 3 is 2.79 bits per heavy atom. The Hall–Kier alpha value is -1.93. The van der Waals surface area contributed by atoms with Gasteiger partial charge in [0.25, 0.3) is 5.91 Å². The van der Waals surface area contributed by atoms with Gasteiger partial charge in [-0.2, -0.15) is 5.26 Å². The van der Waals surface area contributed by atoms with Crippen LogP contribution in [0.1, 0.15) is 18.7 Å². The summed E-state index contributed by atoms with van der Waals surface area (Å²) < 4.78 is 0. The maximum atomic E-state index is 12.3. The second kappa shape index (κ2) is 5.37. The number of nitrogens with zero attached hydrogens (tertiary/aromatic N) is 2. The van der Waals surface area contributed by atoms with Gasteiger partial charge < -0.3 is 0 Å². The predicted molar refractivity (Wildman–Crippen MR) is 73.0 cm³/mol. The van der Waals surface area contributed by atoms with Gasteiger partial charge in [0.2, 0.25) is 5.91 Å². The van der Waals surface area contributed by atoms with Gasteiger partial charge in [0.15, 0.2) is 0 Å². The summed E-state index contributed by atoms with van der Waals surface area (Å²) in [4.78, 5) is 26.4. The molecule has 1 aromatic heterocycles. The van der Waals surface area contributed by atoms with Crippen LogP contribution < -0.4 is 0 Å². The Kier molecular flexibility index (Phi) is 3.82. The Morgan fingerprint density at radius 1 is 1.53 bits per heavy atom. The molecule has 1 fully saturated rings. The molecule has 0 aromatic carbocycles. The number of thiophene rings is 1. The SMILES string of the molecule is CCN1C(=O)/C(=C/c2cccs2)C(C)C(C#N)C1=O. The van der Waals surface area contributed by atoms with Crippen LogP contribution in [0.2, 0.25) is 0 Å². The van der Waals surface area contributed by atoms with E-state index in [0.717, 1.165) is 9.78 Å². The highest BCUT2D eigenvalue weighted by Gasteiger charge is 2.42. The fourth-order valence-corrected chi connectivity index (χ4v) is 2.86. The Bertz CT molecular complexity index is 569. The van der Waals surface area contributed by atoms with Crippen LogP contribution in [-0.2, 0) is 9.59 Å². The molecule has 2 unspecified atom stereocenters. The Morgan fingerprint density at radius 2 is 2.26 bits per heavy atom. The first kappa shape index (κ1) is 13.5. The molecule has 5 heteroatoms. The summed E-state index contributed by atoms with van der Waals surface area (Å²) in [6.07, 6.45) is 1.79. The van der Waals surface area contributed by atoms with Crippen molar-refractivity contribution in [3.05, 3.63) is 28.0 Å². The summed E-state index contributed by atoms with van der Waals surface area (Å²) in [6, 6.07) is 5.83. The first-order valence-electron chi connectivity index (χ1n) is 6.10. The van der Waals surface area contributed by atoms with E-state index >= 15 is 0 Å². The number of likely N-dealkylation sites (tertiary alicyclic amines) is 1. The lowest BCUT2D eigenvalue weighted by Crippen LogP contribution is -2.49. The minimum Gasteiger partial charge on any atom is -0.278 e. The van der Waals surface area contributed by atoms with Crippen molar-refractivity contribution in [2.45, 2.75) is 13.8 Å². The average Bonchev–Trinajstić information content (AvgIpc) is 2.88. The van der Waals surface area contributed by atoms with Crippen LogP contribution in [0.15, 0.2) is 23.1 Å². The number of amides is 2. The van der Waals surface area contributed by atoms with Gasteiger partial charge in [-0.1, -0.05) is 13.0 Å². The highest BCUT2D eigenvalue weighted by molar-refractivity contribution is 7.10. The number of hydrogen-bond acceptors (Lipinski definition) is 4. The molecule has 0 bridgehead atoms. The summed E-state index contributed by atoms with van der Waals surface area (Å²) in [6.45, 7) is 3.80. The lowest BCUT2D eigenvalue weighted by Gasteiger charge is -2.32. The summed E-state index contributed by atoms with van der Waals surface area (Å²) in [7, 11) is 0. The summed E-state index contributed by atoms with van der Waals surface area (Å²) >= 11 is 1.52. The molecule has 4 nitrogen and oxygen atoms in total. The number of likely N-dealkylation sites (N-methyl/N-ethyl adjacent to an activating group) is 1. The zero-order chi connectivity index (χ0) is 14.0. The monoisotopic (exact) mass is 274 g/mol. The normalized spacial score (nSPS) is 25.7. The van der Waals surface area contributed by atoms with E-state index in [2.05, 4.69) is 0 Å². The predicted octanol–water partition coefficient (Wildman–Crippen LogP) is 2.30. The molecule has 0 spiro atoms. The number of piperidine rings is 1. The average molecular weight is 274 g/mol. The third-order valence-corrected chi connectivity index (χ3v) is 4.13. The zero-order valence-corrected chi connectivity index (χ0v) is 11.6. The van der Waals surface area contributed by atoms with E-state index in [4.69, 9.17) is 5.26 Å². The van der Waals surface area contributed by atoms with Crippen LogP contribution in [0, 0.1) is 23.2 Å². The Balaban J connectivity index is 2.45. The molecule has 2 atom stereocenters. The molecule has 2 rings (SSSR count). The summed E-state index contributed by atoms with van der Waals surface area (Å²) in [5.74, 6) is -1.80. The van der Waals surface area contributed by atoms with Crippen molar-refractivity contribution in [1.82, 2.24) is 4.90 Å². The molecule has 1 aromatic rings. The molecule has 1 saturated heterocycles. The van der Waals surface area contributed by atoms with Crippen LogP contribution in [0.3, 0.4) is 0 Å². The summed E-state index contributed by atoms with van der Waals surface area (Å²) in [5, 5.41) is 11.1. The molecule has 0 saturated carbocycles. The molecule has 98 valence electrons. The highest BCUT2D eigenvalue weighted by atomic mass is 32.1. The molecule has 1 aliphatic heterocycles. The van der Waals surface area contributed by atoms with Crippen LogP contribution in [0.4, 0.5) is 0 Å². The van der Waals surface area contributed by atoms with Gasteiger partial charge in [0, 0.05) is 22.9 Å². The first-order valence-corrected chi connectivity index (χ1v) is 6.98. The molecule has 19 heavy (non-hydrogen) atoms. The molecule has 0 N–H and O–H groups in total. The quantitative estimate of drug-likeness (QED) is 0.614. The van der Waals surface area contributed by atoms with E-state index in [9.17, 15) is 9.59 Å². The Labute approximate surface area is 116 Å². The second-order valence-electron chi connectivity index (χ2n) is 4.40. The number of carbonyl (C=O) groups excluding carboxylic acids is 2. The number of rotatable bonds is 2. The maximum absolute atomic E-state index is 12.3. The topological polar surface area (TPSA) is 61.2 Å². The molecular weight excluding hydrogens is 260 g/mol. The van der Waals surface area contributed by atoms with Crippen molar-refractivity contribution < 1.29 is 9.59 Å². The van der Waals surface area contributed by atoms with E-state index in [1.807, 2.05) is 23.6 Å². The number of hydrogen-bond donors (Lipinski definition) is 0. The first-order chi connectivity index (χ1) is 9.10. The van der Waals surface area contributed by atoms with Gasteiger partial charge in [0.05, 0.1) is 6.07 Å². The van der Waals surface area contributed by atoms with E-state index < -0.39 is 5.92 Å². The van der Waals surface area contributed by atoms with Gasteiger partial charge in [0.1, 0.15) is 5.92 Å².